The number of hydrogen-bond acceptors (Lipinski definition) is 6. The van der Waals surface area contributed by atoms with E-state index in [0.717, 1.165) is 58.7 Å². The molecule has 2 fully saturated rings. The number of carbonyl (C=O) groups is 1. The smallest absolute Gasteiger partial charge is 0.274 e. The summed E-state index contributed by atoms with van der Waals surface area (Å²) in [6.07, 6.45) is 2.46. The molecule has 1 N–H and O–H groups in total. The topological polar surface area (TPSA) is 70.6 Å². The second kappa shape index (κ2) is 7.70. The molecule has 2 saturated heterocycles. The predicted molar refractivity (Wildman–Crippen MR) is 87.5 cm³/mol. The number of hydrogen-bond donors (Lipinski definition) is 1. The Balaban J connectivity index is 1.51. The van der Waals surface area contributed by atoms with Crippen molar-refractivity contribution >= 4 is 11.7 Å². The van der Waals surface area contributed by atoms with Crippen LogP contribution in [0.1, 0.15) is 30.3 Å². The van der Waals surface area contributed by atoms with Crippen LogP contribution in [0.15, 0.2) is 12.1 Å². The summed E-state index contributed by atoms with van der Waals surface area (Å²) in [4.78, 5) is 16.6. The van der Waals surface area contributed by atoms with E-state index < -0.39 is 0 Å². The van der Waals surface area contributed by atoms with Gasteiger partial charge in [0.15, 0.2) is 5.69 Å². The normalized spacial score (nSPS) is 22.3. The van der Waals surface area contributed by atoms with Crippen LogP contribution in [0, 0.1) is 0 Å². The van der Waals surface area contributed by atoms with Crippen molar-refractivity contribution in [2.24, 2.45) is 0 Å². The van der Waals surface area contributed by atoms with Gasteiger partial charge in [-0.3, -0.25) is 4.79 Å². The van der Waals surface area contributed by atoms with Crippen molar-refractivity contribution in [1.29, 1.82) is 0 Å². The molecule has 0 spiro atoms. The van der Waals surface area contributed by atoms with Crippen molar-refractivity contribution in [2.45, 2.75) is 25.9 Å². The van der Waals surface area contributed by atoms with Crippen molar-refractivity contribution in [1.82, 2.24) is 20.0 Å². The lowest BCUT2D eigenvalue weighted by Crippen LogP contribution is -2.48. The highest BCUT2D eigenvalue weighted by molar-refractivity contribution is 5.92. The molecule has 0 radical (unpaired) electrons. The highest BCUT2D eigenvalue weighted by Crippen LogP contribution is 2.13. The van der Waals surface area contributed by atoms with Gasteiger partial charge in [0.2, 0.25) is 0 Å². The zero-order valence-corrected chi connectivity index (χ0v) is 13.7. The molecule has 7 heteroatoms. The molecule has 2 aliphatic rings. The van der Waals surface area contributed by atoms with E-state index in [1.165, 1.54) is 0 Å². The Morgan fingerprint density at radius 2 is 2.13 bits per heavy atom. The Morgan fingerprint density at radius 3 is 2.74 bits per heavy atom. The van der Waals surface area contributed by atoms with E-state index >= 15 is 0 Å². The highest BCUT2D eigenvalue weighted by atomic mass is 16.5. The van der Waals surface area contributed by atoms with Gasteiger partial charge in [0.1, 0.15) is 5.82 Å². The molecule has 0 aliphatic carbocycles. The monoisotopic (exact) mass is 319 g/mol. The van der Waals surface area contributed by atoms with Crippen molar-refractivity contribution in [3.8, 4) is 0 Å². The second-order valence-electron chi connectivity index (χ2n) is 6.05. The average molecular weight is 319 g/mol. The number of rotatable bonds is 5. The molecule has 1 aromatic heterocycles. The summed E-state index contributed by atoms with van der Waals surface area (Å²) in [6.45, 7) is 8.13. The van der Waals surface area contributed by atoms with Gasteiger partial charge in [-0.05, 0) is 31.5 Å². The van der Waals surface area contributed by atoms with E-state index in [9.17, 15) is 4.79 Å². The maximum atomic E-state index is 12.4. The highest BCUT2D eigenvalue weighted by Gasteiger charge is 2.22. The van der Waals surface area contributed by atoms with Gasteiger partial charge >= 0.3 is 0 Å². The summed E-state index contributed by atoms with van der Waals surface area (Å²) in [5.74, 6) is 0.659. The number of anilines is 1. The Bertz CT molecular complexity index is 508. The number of aromatic nitrogens is 2. The number of amides is 1. The molecule has 0 aromatic carbocycles. The third-order valence-corrected chi connectivity index (χ3v) is 4.53. The minimum absolute atomic E-state index is 0.0288. The van der Waals surface area contributed by atoms with Crippen LogP contribution < -0.4 is 5.32 Å². The Hall–Kier alpha value is -1.73. The van der Waals surface area contributed by atoms with Crippen LogP contribution in [0.25, 0.3) is 0 Å². The zero-order chi connectivity index (χ0) is 16.1. The fourth-order valence-corrected chi connectivity index (χ4v) is 2.99. The molecule has 1 amide bonds. The van der Waals surface area contributed by atoms with Crippen molar-refractivity contribution in [3.05, 3.63) is 17.8 Å². The van der Waals surface area contributed by atoms with Crippen molar-refractivity contribution < 1.29 is 9.53 Å². The quantitative estimate of drug-likeness (QED) is 0.867. The van der Waals surface area contributed by atoms with E-state index in [-0.39, 0.29) is 12.0 Å². The minimum atomic E-state index is -0.0288. The number of likely N-dealkylation sites (N-methyl/N-ethyl adjacent to an activating group) is 1. The first-order valence-electron chi connectivity index (χ1n) is 8.47. The van der Waals surface area contributed by atoms with E-state index in [4.69, 9.17) is 4.74 Å². The molecule has 7 nitrogen and oxygen atoms in total. The Labute approximate surface area is 137 Å². The third kappa shape index (κ3) is 4.17. The number of ether oxygens (including phenoxy) is 1. The lowest BCUT2D eigenvalue weighted by Gasteiger charge is -2.33. The van der Waals surface area contributed by atoms with Crippen LogP contribution in [0.5, 0.6) is 0 Å². The van der Waals surface area contributed by atoms with Crippen molar-refractivity contribution in [3.63, 3.8) is 0 Å². The molecule has 2 aliphatic heterocycles. The van der Waals surface area contributed by atoms with E-state index in [2.05, 4.69) is 27.3 Å². The average Bonchev–Trinajstić information content (AvgIpc) is 3.13. The summed E-state index contributed by atoms with van der Waals surface area (Å²) in [5.41, 5.74) is 0.414. The van der Waals surface area contributed by atoms with Gasteiger partial charge < -0.3 is 19.9 Å². The molecule has 126 valence electrons. The van der Waals surface area contributed by atoms with Crippen LogP contribution in [-0.4, -0.2) is 77.9 Å². The van der Waals surface area contributed by atoms with Gasteiger partial charge in [-0.15, -0.1) is 10.2 Å². The fourth-order valence-electron chi connectivity index (χ4n) is 2.99. The van der Waals surface area contributed by atoms with E-state index in [0.29, 0.717) is 11.5 Å². The van der Waals surface area contributed by atoms with Gasteiger partial charge in [-0.2, -0.15) is 0 Å². The second-order valence-corrected chi connectivity index (χ2v) is 6.05. The maximum absolute atomic E-state index is 12.4. The summed E-state index contributed by atoms with van der Waals surface area (Å²) >= 11 is 0. The van der Waals surface area contributed by atoms with E-state index in [1.807, 2.05) is 11.0 Å². The largest absolute Gasteiger partial charge is 0.376 e. The maximum Gasteiger partial charge on any atom is 0.274 e. The van der Waals surface area contributed by atoms with Crippen LogP contribution in [0.3, 0.4) is 0 Å². The van der Waals surface area contributed by atoms with Gasteiger partial charge in [-0.1, -0.05) is 6.92 Å². The summed E-state index contributed by atoms with van der Waals surface area (Å²) in [5, 5.41) is 11.4. The Morgan fingerprint density at radius 1 is 1.30 bits per heavy atom. The van der Waals surface area contributed by atoms with Crippen LogP contribution >= 0.6 is 0 Å². The van der Waals surface area contributed by atoms with Gasteiger partial charge in [0.05, 0.1) is 6.10 Å². The van der Waals surface area contributed by atoms with Crippen LogP contribution in [0.2, 0.25) is 0 Å². The van der Waals surface area contributed by atoms with Crippen LogP contribution in [0.4, 0.5) is 5.82 Å². The molecule has 1 atom stereocenters. The van der Waals surface area contributed by atoms with Gasteiger partial charge in [0.25, 0.3) is 5.91 Å². The first-order chi connectivity index (χ1) is 11.3. The van der Waals surface area contributed by atoms with Crippen LogP contribution in [-0.2, 0) is 4.74 Å². The zero-order valence-electron chi connectivity index (χ0n) is 13.7. The first-order valence-corrected chi connectivity index (χ1v) is 8.47. The lowest BCUT2D eigenvalue weighted by atomic mass is 10.2. The lowest BCUT2D eigenvalue weighted by molar-refractivity contribution is 0.0636. The van der Waals surface area contributed by atoms with Gasteiger partial charge in [-0.25, -0.2) is 0 Å². The SMILES string of the molecule is CCN1CCN(C(=O)c2ccc(NCC3CCCO3)nn2)CC1. The van der Waals surface area contributed by atoms with Gasteiger partial charge in [0, 0.05) is 39.3 Å². The summed E-state index contributed by atoms with van der Waals surface area (Å²) in [7, 11) is 0. The molecule has 1 aromatic rings. The molecule has 3 rings (SSSR count). The van der Waals surface area contributed by atoms with Crippen molar-refractivity contribution in [2.75, 3.05) is 51.2 Å². The first kappa shape index (κ1) is 16.1. The standard InChI is InChI=1S/C16H25N5O2/c1-2-20-7-9-21(10-8-20)16(22)14-5-6-15(19-18-14)17-12-13-4-3-11-23-13/h5-6,13H,2-4,7-12H2,1H3,(H,17,19). The number of piperazine rings is 1. The molecule has 1 unspecified atom stereocenters. The molecule has 0 bridgehead atoms. The Kier molecular flexibility index (Phi) is 5.40. The van der Waals surface area contributed by atoms with E-state index in [1.54, 1.807) is 6.07 Å². The summed E-state index contributed by atoms with van der Waals surface area (Å²) < 4.78 is 5.56. The molecule has 23 heavy (non-hydrogen) atoms. The summed E-state index contributed by atoms with van der Waals surface area (Å²) in [6, 6.07) is 3.57. The molecule has 0 saturated carbocycles. The third-order valence-electron chi connectivity index (χ3n) is 4.53. The predicted octanol–water partition coefficient (Wildman–Crippen LogP) is 0.845. The molecular weight excluding hydrogens is 294 g/mol. The molecular formula is C16H25N5O2. The number of nitrogens with one attached hydrogen (secondary N) is 1. The minimum Gasteiger partial charge on any atom is -0.376 e. The number of nitrogens with zero attached hydrogens (tertiary/aromatic N) is 4. The molecule has 3 heterocycles. The number of carbonyl (C=O) groups excluding carboxylic acids is 1. The fraction of sp³-hybridized carbons (Fsp3) is 0.688.